The van der Waals surface area contributed by atoms with Crippen molar-refractivity contribution in [2.45, 2.75) is 38.8 Å². The van der Waals surface area contributed by atoms with Crippen molar-refractivity contribution in [2.24, 2.45) is 5.73 Å². The molecule has 2 unspecified atom stereocenters. The van der Waals surface area contributed by atoms with Crippen molar-refractivity contribution < 1.29 is 4.74 Å². The highest BCUT2D eigenvalue weighted by Crippen LogP contribution is 2.12. The molecule has 0 aliphatic carbocycles. The molecule has 2 N–H and O–H groups in total. The van der Waals surface area contributed by atoms with Crippen LogP contribution in [0.4, 0.5) is 0 Å². The molecule has 0 aromatic heterocycles. The normalized spacial score (nSPS) is 27.9. The van der Waals surface area contributed by atoms with Gasteiger partial charge in [-0.05, 0) is 13.0 Å². The monoisotopic (exact) mass is 298 g/mol. The van der Waals surface area contributed by atoms with E-state index >= 15 is 0 Å². The molecule has 2 fully saturated rings. The molecule has 0 amide bonds. The van der Waals surface area contributed by atoms with Crippen molar-refractivity contribution in [3.63, 3.8) is 0 Å². The van der Waals surface area contributed by atoms with Gasteiger partial charge < -0.3 is 10.5 Å². The van der Waals surface area contributed by atoms with Gasteiger partial charge in [-0.3, -0.25) is 14.7 Å². The molecule has 0 spiro atoms. The van der Waals surface area contributed by atoms with Gasteiger partial charge in [0.2, 0.25) is 0 Å². The van der Waals surface area contributed by atoms with Crippen molar-refractivity contribution >= 4 is 0 Å². The molecule has 2 heterocycles. The zero-order chi connectivity index (χ0) is 15.1. The van der Waals surface area contributed by atoms with Crippen molar-refractivity contribution in [3.8, 4) is 0 Å². The second-order valence-corrected chi connectivity index (χ2v) is 6.40. The standard InChI is InChI=1S/C16H34N4O/c1-3-5-15(12-17)20-8-6-19(7-9-20)14-16-13-18(4-2)10-11-21-16/h15-16H,3-14,17H2,1-2H3. The molecule has 0 saturated carbocycles. The van der Waals surface area contributed by atoms with E-state index in [0.717, 1.165) is 65.5 Å². The highest BCUT2D eigenvalue weighted by atomic mass is 16.5. The van der Waals surface area contributed by atoms with E-state index < -0.39 is 0 Å². The number of ether oxygens (including phenoxy) is 1. The van der Waals surface area contributed by atoms with E-state index in [9.17, 15) is 0 Å². The van der Waals surface area contributed by atoms with E-state index in [4.69, 9.17) is 10.5 Å². The summed E-state index contributed by atoms with van der Waals surface area (Å²) in [6.45, 7) is 15.2. The van der Waals surface area contributed by atoms with Crippen LogP contribution in [0.5, 0.6) is 0 Å². The Labute approximate surface area is 130 Å². The number of nitrogens with zero attached hydrogens (tertiary/aromatic N) is 3. The summed E-state index contributed by atoms with van der Waals surface area (Å²) < 4.78 is 5.93. The van der Waals surface area contributed by atoms with Gasteiger partial charge in [0, 0.05) is 58.4 Å². The Morgan fingerprint density at radius 2 is 1.86 bits per heavy atom. The zero-order valence-electron chi connectivity index (χ0n) is 14.0. The fourth-order valence-electron chi connectivity index (χ4n) is 3.56. The molecule has 0 radical (unpaired) electrons. The van der Waals surface area contributed by atoms with E-state index in [1.165, 1.54) is 12.8 Å². The van der Waals surface area contributed by atoms with Crippen LogP contribution < -0.4 is 5.73 Å². The molecule has 2 aliphatic heterocycles. The first-order valence-electron chi connectivity index (χ1n) is 8.77. The predicted octanol–water partition coefficient (Wildman–Crippen LogP) is 0.452. The summed E-state index contributed by atoms with van der Waals surface area (Å²) in [5.41, 5.74) is 5.92. The lowest BCUT2D eigenvalue weighted by molar-refractivity contribution is -0.0482. The Morgan fingerprint density at radius 1 is 1.10 bits per heavy atom. The molecule has 0 aromatic carbocycles. The first kappa shape index (κ1) is 17.2. The Hall–Kier alpha value is -0.200. The van der Waals surface area contributed by atoms with Crippen LogP contribution in [0.2, 0.25) is 0 Å². The topological polar surface area (TPSA) is 45.0 Å². The van der Waals surface area contributed by atoms with E-state index in [2.05, 4.69) is 28.5 Å². The van der Waals surface area contributed by atoms with Crippen molar-refractivity contribution in [2.75, 3.05) is 65.5 Å². The second-order valence-electron chi connectivity index (χ2n) is 6.40. The smallest absolute Gasteiger partial charge is 0.0829 e. The average Bonchev–Trinajstić information content (AvgIpc) is 2.54. The van der Waals surface area contributed by atoms with Crippen LogP contribution in [-0.2, 0) is 4.74 Å². The van der Waals surface area contributed by atoms with Gasteiger partial charge >= 0.3 is 0 Å². The molecule has 124 valence electrons. The van der Waals surface area contributed by atoms with Gasteiger partial charge in [0.25, 0.3) is 0 Å². The highest BCUT2D eigenvalue weighted by molar-refractivity contribution is 4.82. The fourth-order valence-corrected chi connectivity index (χ4v) is 3.56. The van der Waals surface area contributed by atoms with Gasteiger partial charge in [-0.15, -0.1) is 0 Å². The molecule has 0 aromatic rings. The van der Waals surface area contributed by atoms with Gasteiger partial charge in [0.15, 0.2) is 0 Å². The maximum Gasteiger partial charge on any atom is 0.0829 e. The molecule has 5 nitrogen and oxygen atoms in total. The third-order valence-electron chi connectivity index (χ3n) is 4.95. The zero-order valence-corrected chi connectivity index (χ0v) is 14.0. The second kappa shape index (κ2) is 9.06. The molecule has 0 bridgehead atoms. The summed E-state index contributed by atoms with van der Waals surface area (Å²) >= 11 is 0. The summed E-state index contributed by atoms with van der Waals surface area (Å²) in [5.74, 6) is 0. The molecule has 2 aliphatic rings. The maximum absolute atomic E-state index is 5.93. The lowest BCUT2D eigenvalue weighted by Gasteiger charge is -2.41. The van der Waals surface area contributed by atoms with Crippen LogP contribution in [0.3, 0.4) is 0 Å². The molecule has 21 heavy (non-hydrogen) atoms. The third kappa shape index (κ3) is 5.18. The fraction of sp³-hybridized carbons (Fsp3) is 1.00. The number of hydrogen-bond donors (Lipinski definition) is 1. The number of hydrogen-bond acceptors (Lipinski definition) is 5. The number of likely N-dealkylation sites (N-methyl/N-ethyl adjacent to an activating group) is 1. The van der Waals surface area contributed by atoms with E-state index in [1.54, 1.807) is 0 Å². The average molecular weight is 298 g/mol. The maximum atomic E-state index is 5.93. The Balaban J connectivity index is 1.71. The molecular formula is C16H34N4O. The summed E-state index contributed by atoms with van der Waals surface area (Å²) in [6, 6.07) is 0.582. The largest absolute Gasteiger partial charge is 0.374 e. The van der Waals surface area contributed by atoms with Gasteiger partial charge in [-0.25, -0.2) is 0 Å². The van der Waals surface area contributed by atoms with Crippen LogP contribution in [0.1, 0.15) is 26.7 Å². The van der Waals surface area contributed by atoms with Gasteiger partial charge in [0.05, 0.1) is 12.7 Å². The molecule has 5 heteroatoms. The highest BCUT2D eigenvalue weighted by Gasteiger charge is 2.26. The Morgan fingerprint density at radius 3 is 2.48 bits per heavy atom. The Kier molecular flexibility index (Phi) is 7.40. The van der Waals surface area contributed by atoms with Crippen LogP contribution in [0.25, 0.3) is 0 Å². The quantitative estimate of drug-likeness (QED) is 0.739. The molecule has 2 saturated heterocycles. The van der Waals surface area contributed by atoms with Crippen LogP contribution in [0, 0.1) is 0 Å². The Bertz CT molecular complexity index is 281. The number of morpholine rings is 1. The minimum atomic E-state index is 0.395. The van der Waals surface area contributed by atoms with Crippen molar-refractivity contribution in [3.05, 3.63) is 0 Å². The van der Waals surface area contributed by atoms with E-state index in [-0.39, 0.29) is 0 Å². The summed E-state index contributed by atoms with van der Waals surface area (Å²) in [4.78, 5) is 7.65. The minimum absolute atomic E-state index is 0.395. The van der Waals surface area contributed by atoms with Crippen LogP contribution >= 0.6 is 0 Å². The van der Waals surface area contributed by atoms with Crippen molar-refractivity contribution in [1.82, 2.24) is 14.7 Å². The SMILES string of the molecule is CCCC(CN)N1CCN(CC2CN(CC)CCO2)CC1. The minimum Gasteiger partial charge on any atom is -0.374 e. The number of nitrogens with two attached hydrogens (primary N) is 1. The summed E-state index contributed by atoms with van der Waals surface area (Å²) in [6.07, 6.45) is 2.85. The predicted molar refractivity (Wildman–Crippen MR) is 87.6 cm³/mol. The summed E-state index contributed by atoms with van der Waals surface area (Å²) in [7, 11) is 0. The van der Waals surface area contributed by atoms with Gasteiger partial charge in [-0.1, -0.05) is 20.3 Å². The number of piperazine rings is 1. The van der Waals surface area contributed by atoms with Gasteiger partial charge in [-0.2, -0.15) is 0 Å². The first-order chi connectivity index (χ1) is 10.3. The lowest BCUT2D eigenvalue weighted by atomic mass is 10.1. The molecule has 2 rings (SSSR count). The van der Waals surface area contributed by atoms with E-state index in [1.807, 2.05) is 0 Å². The molecule has 2 atom stereocenters. The lowest BCUT2D eigenvalue weighted by Crippen LogP contribution is -2.55. The number of rotatable bonds is 7. The van der Waals surface area contributed by atoms with E-state index in [0.29, 0.717) is 12.1 Å². The van der Waals surface area contributed by atoms with Gasteiger partial charge in [0.1, 0.15) is 0 Å². The summed E-state index contributed by atoms with van der Waals surface area (Å²) in [5, 5.41) is 0. The van der Waals surface area contributed by atoms with Crippen LogP contribution in [-0.4, -0.2) is 92.4 Å². The first-order valence-corrected chi connectivity index (χ1v) is 8.77. The van der Waals surface area contributed by atoms with Crippen molar-refractivity contribution in [1.29, 1.82) is 0 Å². The van der Waals surface area contributed by atoms with Crippen LogP contribution in [0.15, 0.2) is 0 Å². The third-order valence-corrected chi connectivity index (χ3v) is 4.95. The molecular weight excluding hydrogens is 264 g/mol.